The maximum Gasteiger partial charge on any atom is 0.257 e. The van der Waals surface area contributed by atoms with Gasteiger partial charge in [0.05, 0.1) is 29.9 Å². The molecule has 3 atom stereocenters. The van der Waals surface area contributed by atoms with Gasteiger partial charge in [0.2, 0.25) is 15.9 Å². The van der Waals surface area contributed by atoms with Crippen molar-refractivity contribution >= 4 is 27.5 Å². The predicted molar refractivity (Wildman–Crippen MR) is 107 cm³/mol. The van der Waals surface area contributed by atoms with Gasteiger partial charge in [-0.1, -0.05) is 0 Å². The highest BCUT2D eigenvalue weighted by atomic mass is 32.2. The third-order valence-electron chi connectivity index (χ3n) is 5.36. The zero-order valence-corrected chi connectivity index (χ0v) is 17.6. The number of nitrogens with one attached hydrogen (secondary N) is 2. The lowest BCUT2D eigenvalue weighted by Crippen LogP contribution is -2.53. The molecular weight excluding hydrogens is 398 g/mol. The lowest BCUT2D eigenvalue weighted by atomic mass is 9.94. The van der Waals surface area contributed by atoms with Crippen LogP contribution < -0.4 is 14.8 Å². The first-order chi connectivity index (χ1) is 13.7. The Morgan fingerprint density at radius 1 is 1.31 bits per heavy atom. The summed E-state index contributed by atoms with van der Waals surface area (Å²) in [5, 5.41) is 2.60. The highest BCUT2D eigenvalue weighted by Crippen LogP contribution is 2.32. The van der Waals surface area contributed by atoms with Crippen molar-refractivity contribution in [1.82, 2.24) is 10.2 Å². The van der Waals surface area contributed by atoms with Crippen LogP contribution in [0.1, 0.15) is 36.5 Å². The van der Waals surface area contributed by atoms with E-state index < -0.39 is 10.0 Å². The number of likely N-dealkylation sites (N-methyl/N-ethyl adjacent to an activating group) is 1. The van der Waals surface area contributed by atoms with Gasteiger partial charge in [0.15, 0.2) is 0 Å². The van der Waals surface area contributed by atoms with Crippen molar-refractivity contribution in [2.45, 2.75) is 44.4 Å². The molecule has 1 saturated heterocycles. The van der Waals surface area contributed by atoms with E-state index in [2.05, 4.69) is 10.0 Å². The molecule has 1 fully saturated rings. The van der Waals surface area contributed by atoms with Crippen molar-refractivity contribution in [2.24, 2.45) is 0 Å². The van der Waals surface area contributed by atoms with E-state index in [1.165, 1.54) is 6.07 Å². The second-order valence-electron chi connectivity index (χ2n) is 7.26. The number of carbonyl (C=O) groups is 2. The second-order valence-corrected chi connectivity index (χ2v) is 9.27. The monoisotopic (exact) mass is 425 g/mol. The topological polar surface area (TPSA) is 114 Å². The van der Waals surface area contributed by atoms with Crippen LogP contribution in [0, 0.1) is 0 Å². The van der Waals surface area contributed by atoms with Gasteiger partial charge >= 0.3 is 0 Å². The minimum absolute atomic E-state index is 0.0628. The molecule has 160 valence electrons. The first-order valence-corrected chi connectivity index (χ1v) is 11.3. The first-order valence-electron chi connectivity index (χ1n) is 9.64. The van der Waals surface area contributed by atoms with E-state index in [-0.39, 0.29) is 48.8 Å². The predicted octanol–water partition coefficient (Wildman–Crippen LogP) is 0.965. The largest absolute Gasteiger partial charge is 0.490 e. The van der Waals surface area contributed by atoms with Crippen LogP contribution in [-0.4, -0.2) is 69.8 Å². The van der Waals surface area contributed by atoms with E-state index in [0.717, 1.165) is 0 Å². The molecule has 0 saturated carbocycles. The molecule has 0 spiro atoms. The van der Waals surface area contributed by atoms with Gasteiger partial charge in [-0.25, -0.2) is 8.42 Å². The summed E-state index contributed by atoms with van der Waals surface area (Å²) < 4.78 is 38.1. The number of ether oxygens (including phenoxy) is 2. The van der Waals surface area contributed by atoms with Gasteiger partial charge in [0.1, 0.15) is 18.5 Å². The lowest BCUT2D eigenvalue weighted by molar-refractivity contribution is -0.133. The maximum atomic E-state index is 13.1. The molecule has 2 aliphatic heterocycles. The number of amides is 2. The van der Waals surface area contributed by atoms with Gasteiger partial charge < -0.3 is 19.7 Å². The summed E-state index contributed by atoms with van der Waals surface area (Å²) in [6.45, 7) is 1.78. The lowest BCUT2D eigenvalue weighted by Gasteiger charge is -2.42. The average molecular weight is 426 g/mol. The van der Waals surface area contributed by atoms with Gasteiger partial charge in [0.25, 0.3) is 5.91 Å². The molecule has 9 nitrogen and oxygen atoms in total. The summed E-state index contributed by atoms with van der Waals surface area (Å²) in [5.41, 5.74) is 0.619. The van der Waals surface area contributed by atoms with Crippen LogP contribution >= 0.6 is 0 Å². The Morgan fingerprint density at radius 3 is 2.76 bits per heavy atom. The second kappa shape index (κ2) is 8.58. The molecule has 0 radical (unpaired) electrons. The molecule has 10 heteroatoms. The average Bonchev–Trinajstić information content (AvgIpc) is 2.70. The molecule has 0 aromatic heterocycles. The molecule has 2 amide bonds. The van der Waals surface area contributed by atoms with E-state index in [9.17, 15) is 18.0 Å². The van der Waals surface area contributed by atoms with Crippen molar-refractivity contribution < 1.29 is 27.5 Å². The number of rotatable bonds is 5. The Kier molecular flexibility index (Phi) is 6.33. The summed E-state index contributed by atoms with van der Waals surface area (Å²) in [6.07, 6.45) is 1.06. The molecule has 1 aromatic carbocycles. The standard InChI is InChI=1S/C19H27N3O6S/c1-4-29(25,26)21-12-5-8-16-14(9-12)19(24)22(3)15-7-6-13(10-18(23)20-2)28-17(15)11-27-16/h5,8-9,13,15,17,21H,4,6-7,10-11H2,1-3H3,(H,20,23)/t13-,15-,17+/m1/s1. The molecule has 29 heavy (non-hydrogen) atoms. The summed E-state index contributed by atoms with van der Waals surface area (Å²) in [7, 11) is -0.155. The van der Waals surface area contributed by atoms with E-state index in [1.807, 2.05) is 0 Å². The number of nitrogens with zero attached hydrogens (tertiary/aromatic N) is 1. The van der Waals surface area contributed by atoms with Gasteiger partial charge in [-0.2, -0.15) is 0 Å². The minimum atomic E-state index is -3.45. The fourth-order valence-corrected chi connectivity index (χ4v) is 4.28. The summed E-state index contributed by atoms with van der Waals surface area (Å²) >= 11 is 0. The van der Waals surface area contributed by atoms with Crippen LogP contribution in [-0.2, 0) is 19.6 Å². The fraction of sp³-hybridized carbons (Fsp3) is 0.579. The van der Waals surface area contributed by atoms with Gasteiger partial charge in [-0.15, -0.1) is 0 Å². The highest BCUT2D eigenvalue weighted by Gasteiger charge is 2.39. The van der Waals surface area contributed by atoms with Crippen LogP contribution in [0.25, 0.3) is 0 Å². The molecule has 3 rings (SSSR count). The van der Waals surface area contributed by atoms with E-state index in [4.69, 9.17) is 9.47 Å². The smallest absolute Gasteiger partial charge is 0.257 e. The maximum absolute atomic E-state index is 13.1. The van der Waals surface area contributed by atoms with Crippen LogP contribution in [0.3, 0.4) is 0 Å². The Hall–Kier alpha value is -2.33. The molecule has 2 N–H and O–H groups in total. The number of hydrogen-bond acceptors (Lipinski definition) is 6. The van der Waals surface area contributed by atoms with E-state index in [1.54, 1.807) is 38.1 Å². The minimum Gasteiger partial charge on any atom is -0.490 e. The van der Waals surface area contributed by atoms with Crippen LogP contribution in [0.15, 0.2) is 18.2 Å². The Labute approximate surface area is 170 Å². The molecule has 0 unspecified atom stereocenters. The number of carbonyl (C=O) groups excluding carboxylic acids is 2. The SMILES string of the molecule is CCS(=O)(=O)Nc1ccc2c(c1)C(=O)N(C)[C@@H]1CC[C@H](CC(=O)NC)O[C@H]1CO2. The molecule has 2 aliphatic rings. The third-order valence-corrected chi connectivity index (χ3v) is 6.66. The van der Waals surface area contributed by atoms with Crippen molar-refractivity contribution in [1.29, 1.82) is 0 Å². The molecular formula is C19H27N3O6S. The van der Waals surface area contributed by atoms with Crippen molar-refractivity contribution in [2.75, 3.05) is 31.2 Å². The first kappa shape index (κ1) is 21.4. The molecule has 0 aliphatic carbocycles. The number of benzene rings is 1. The Balaban J connectivity index is 1.82. The van der Waals surface area contributed by atoms with Gasteiger partial charge in [-0.3, -0.25) is 14.3 Å². The number of sulfonamides is 1. The van der Waals surface area contributed by atoms with Gasteiger partial charge in [-0.05, 0) is 38.0 Å². The van der Waals surface area contributed by atoms with Crippen LogP contribution in [0.4, 0.5) is 5.69 Å². The Bertz CT molecular complexity index is 888. The molecule has 1 aromatic rings. The zero-order chi connectivity index (χ0) is 21.2. The van der Waals surface area contributed by atoms with Gasteiger partial charge in [0, 0.05) is 19.8 Å². The quantitative estimate of drug-likeness (QED) is 0.727. The number of anilines is 1. The summed E-state index contributed by atoms with van der Waals surface area (Å²) in [5.74, 6) is -0.0401. The third kappa shape index (κ3) is 4.81. The van der Waals surface area contributed by atoms with Crippen molar-refractivity contribution in [3.05, 3.63) is 23.8 Å². The van der Waals surface area contributed by atoms with E-state index in [0.29, 0.717) is 29.8 Å². The van der Waals surface area contributed by atoms with Crippen molar-refractivity contribution in [3.63, 3.8) is 0 Å². The number of hydrogen-bond donors (Lipinski definition) is 2. The van der Waals surface area contributed by atoms with Crippen LogP contribution in [0.2, 0.25) is 0 Å². The summed E-state index contributed by atoms with van der Waals surface area (Å²) in [4.78, 5) is 26.4. The summed E-state index contributed by atoms with van der Waals surface area (Å²) in [6, 6.07) is 4.46. The fourth-order valence-electron chi connectivity index (χ4n) is 3.65. The molecule has 0 bridgehead atoms. The van der Waals surface area contributed by atoms with Crippen molar-refractivity contribution in [3.8, 4) is 5.75 Å². The number of fused-ring (bicyclic) bond motifs is 2. The zero-order valence-electron chi connectivity index (χ0n) is 16.8. The van der Waals surface area contributed by atoms with E-state index >= 15 is 0 Å². The van der Waals surface area contributed by atoms with Crippen LogP contribution in [0.5, 0.6) is 5.75 Å². The molecule has 2 heterocycles. The Morgan fingerprint density at radius 2 is 2.07 bits per heavy atom. The highest BCUT2D eigenvalue weighted by molar-refractivity contribution is 7.92. The normalized spacial score (nSPS) is 24.4.